The molecule has 0 aliphatic rings. The fourth-order valence-corrected chi connectivity index (χ4v) is 9.49. The van der Waals surface area contributed by atoms with E-state index in [0.717, 1.165) is 89.9 Å². The van der Waals surface area contributed by atoms with Crippen LogP contribution in [0.1, 0.15) is 309 Å². The minimum atomic E-state index is -0.883. The molecule has 0 fully saturated rings. The van der Waals surface area contributed by atoms with E-state index in [0.29, 0.717) is 6.42 Å². The van der Waals surface area contributed by atoms with Gasteiger partial charge in [0.1, 0.15) is 0 Å². The van der Waals surface area contributed by atoms with Gasteiger partial charge >= 0.3 is 0 Å². The van der Waals surface area contributed by atoms with E-state index < -0.39 is 12.1 Å². The minimum absolute atomic E-state index is 0.0870. The summed E-state index contributed by atoms with van der Waals surface area (Å²) in [7, 11) is 0. The van der Waals surface area contributed by atoms with Gasteiger partial charge < -0.3 is 15.5 Å². The molecule has 0 saturated carbocycles. The summed E-state index contributed by atoms with van der Waals surface area (Å²) >= 11 is 0. The van der Waals surface area contributed by atoms with Gasteiger partial charge in [-0.3, -0.25) is 4.79 Å². The molecule has 0 rings (SSSR count). The number of rotatable bonds is 59. The molecule has 0 aliphatic heterocycles. The summed E-state index contributed by atoms with van der Waals surface area (Å²) in [4.78, 5) is 12.5. The second-order valence-electron chi connectivity index (χ2n) is 21.8. The van der Waals surface area contributed by atoms with Gasteiger partial charge in [0.2, 0.25) is 5.91 Å². The van der Waals surface area contributed by atoms with Gasteiger partial charge in [0, 0.05) is 6.42 Å². The number of carbonyl (C=O) groups excluding carboxylic acids is 1. The quantitative estimate of drug-likeness (QED) is 0.0420. The van der Waals surface area contributed by atoms with Crippen molar-refractivity contribution in [2.45, 2.75) is 321 Å². The standard InChI is InChI=1S/C72H125NO3/c1-3-5-7-9-11-13-15-17-19-21-23-25-27-29-31-33-35-36-38-39-41-43-45-47-49-51-53-55-57-59-61-63-65-67-71(75)70(69-74)73-72(76)68-66-64-62-60-58-56-54-52-50-48-46-44-42-40-37-34-32-30-28-26-24-22-20-18-16-14-12-10-8-6-4-2/h6,8,12,14,18,20,24,26,30,32,37,40,44,46,49,51,57,59,65,67,70-71,74-75H,3-5,7,9-11,13,15-17,19,21-23,25,27-29,31,33-36,38-39,41-43,45,47-48,50,52-56,58,60-64,66,68-69H2,1-2H3,(H,73,76)/b8-6-,14-12-,20-18-,26-24-,32-30-,40-37-,46-44-,51-49+,59-57+,67-65+. The molecule has 0 aromatic heterocycles. The topological polar surface area (TPSA) is 69.6 Å². The monoisotopic (exact) mass is 1050 g/mol. The number of allylic oxidation sites excluding steroid dienone is 19. The molecule has 0 aromatic carbocycles. The molecule has 4 heteroatoms. The number of unbranched alkanes of at least 4 members (excludes halogenated alkanes) is 34. The Balaban J connectivity index is 3.59. The second kappa shape index (κ2) is 66.1. The first-order chi connectivity index (χ1) is 37.7. The Hall–Kier alpha value is -3.21. The Morgan fingerprint density at radius 3 is 0.921 bits per heavy atom. The molecule has 1 amide bonds. The summed E-state index contributed by atoms with van der Waals surface area (Å²) in [6, 6.07) is -0.660. The van der Waals surface area contributed by atoms with E-state index in [1.165, 1.54) is 199 Å². The highest BCUT2D eigenvalue weighted by atomic mass is 16.3. The van der Waals surface area contributed by atoms with Crippen molar-refractivity contribution < 1.29 is 15.0 Å². The van der Waals surface area contributed by atoms with E-state index in [1.54, 1.807) is 6.08 Å². The normalized spacial score (nSPS) is 13.6. The van der Waals surface area contributed by atoms with Gasteiger partial charge in [-0.05, 0) is 103 Å². The van der Waals surface area contributed by atoms with Gasteiger partial charge in [-0.15, -0.1) is 0 Å². The van der Waals surface area contributed by atoms with Gasteiger partial charge in [-0.25, -0.2) is 0 Å². The lowest BCUT2D eigenvalue weighted by Crippen LogP contribution is -2.45. The van der Waals surface area contributed by atoms with Crippen LogP contribution in [-0.4, -0.2) is 34.9 Å². The second-order valence-corrected chi connectivity index (χ2v) is 21.8. The number of carbonyl (C=O) groups is 1. The highest BCUT2D eigenvalue weighted by Crippen LogP contribution is 2.17. The van der Waals surface area contributed by atoms with Crippen LogP contribution in [0.4, 0.5) is 0 Å². The highest BCUT2D eigenvalue weighted by molar-refractivity contribution is 5.76. The van der Waals surface area contributed by atoms with Crippen molar-refractivity contribution in [2.75, 3.05) is 6.61 Å². The Bertz CT molecular complexity index is 1470. The first-order valence-electron chi connectivity index (χ1n) is 32.7. The zero-order chi connectivity index (χ0) is 54.8. The first kappa shape index (κ1) is 72.8. The molecule has 0 heterocycles. The van der Waals surface area contributed by atoms with Gasteiger partial charge in [0.15, 0.2) is 0 Å². The SMILES string of the molecule is CC/C=C\C/C=C\C/C=C\C/C=C\C/C=C\C/C=C\C/C=C\CCCCCCCCCCCC(=O)NC(CO)C(O)/C=C/CC/C=C/CC/C=C/CCCCCCCCCCCCCCCCCCCCCCCCC. The van der Waals surface area contributed by atoms with E-state index in [2.05, 4.69) is 129 Å². The van der Waals surface area contributed by atoms with Crippen molar-refractivity contribution in [1.29, 1.82) is 0 Å². The molecule has 0 spiro atoms. The lowest BCUT2D eigenvalue weighted by molar-refractivity contribution is -0.123. The van der Waals surface area contributed by atoms with Crippen LogP contribution in [0.5, 0.6) is 0 Å². The summed E-state index contributed by atoms with van der Waals surface area (Å²) in [5, 5.41) is 23.2. The number of nitrogens with one attached hydrogen (secondary N) is 1. The van der Waals surface area contributed by atoms with Gasteiger partial charge in [0.05, 0.1) is 18.8 Å². The Morgan fingerprint density at radius 2 is 0.592 bits per heavy atom. The molecule has 2 unspecified atom stereocenters. The van der Waals surface area contributed by atoms with Crippen LogP contribution in [0.2, 0.25) is 0 Å². The van der Waals surface area contributed by atoms with Crippen LogP contribution in [-0.2, 0) is 4.79 Å². The van der Waals surface area contributed by atoms with Crippen molar-refractivity contribution in [3.05, 3.63) is 122 Å². The van der Waals surface area contributed by atoms with E-state index in [9.17, 15) is 15.0 Å². The van der Waals surface area contributed by atoms with Crippen molar-refractivity contribution in [3.8, 4) is 0 Å². The largest absolute Gasteiger partial charge is 0.394 e. The fourth-order valence-electron chi connectivity index (χ4n) is 9.49. The number of hydrogen-bond donors (Lipinski definition) is 3. The van der Waals surface area contributed by atoms with Gasteiger partial charge in [-0.2, -0.15) is 0 Å². The number of aliphatic hydroxyl groups is 2. The molecule has 3 N–H and O–H groups in total. The van der Waals surface area contributed by atoms with Crippen LogP contribution in [0.3, 0.4) is 0 Å². The predicted octanol–water partition coefficient (Wildman–Crippen LogP) is 22.4. The molecular formula is C72H125NO3. The first-order valence-corrected chi connectivity index (χ1v) is 32.7. The molecule has 0 aromatic rings. The molecule has 436 valence electrons. The van der Waals surface area contributed by atoms with E-state index in [1.807, 2.05) is 6.08 Å². The summed E-state index contributed by atoms with van der Waals surface area (Å²) in [5.74, 6) is -0.0870. The van der Waals surface area contributed by atoms with Crippen molar-refractivity contribution in [3.63, 3.8) is 0 Å². The molecular weight excluding hydrogens is 927 g/mol. The van der Waals surface area contributed by atoms with Crippen LogP contribution < -0.4 is 5.32 Å². The van der Waals surface area contributed by atoms with Crippen LogP contribution in [0.15, 0.2) is 122 Å². The van der Waals surface area contributed by atoms with Crippen molar-refractivity contribution >= 4 is 5.91 Å². The summed E-state index contributed by atoms with van der Waals surface area (Å²) in [6.07, 6.45) is 101. The third-order valence-electron chi connectivity index (χ3n) is 14.4. The molecule has 0 saturated heterocycles. The number of hydrogen-bond acceptors (Lipinski definition) is 3. The Morgan fingerprint density at radius 1 is 0.329 bits per heavy atom. The average molecular weight is 1050 g/mol. The zero-order valence-electron chi connectivity index (χ0n) is 50.2. The van der Waals surface area contributed by atoms with E-state index in [4.69, 9.17) is 0 Å². The predicted molar refractivity (Wildman–Crippen MR) is 340 cm³/mol. The molecule has 0 radical (unpaired) electrons. The molecule has 2 atom stereocenters. The Labute approximate surface area is 473 Å². The zero-order valence-corrected chi connectivity index (χ0v) is 50.2. The molecule has 0 aliphatic carbocycles. The molecule has 0 bridgehead atoms. The maximum absolute atomic E-state index is 12.5. The van der Waals surface area contributed by atoms with Crippen LogP contribution in [0, 0.1) is 0 Å². The summed E-state index contributed by atoms with van der Waals surface area (Å²) in [5.41, 5.74) is 0. The lowest BCUT2D eigenvalue weighted by atomic mass is 10.0. The smallest absolute Gasteiger partial charge is 0.220 e. The molecule has 76 heavy (non-hydrogen) atoms. The molecule has 4 nitrogen and oxygen atoms in total. The third-order valence-corrected chi connectivity index (χ3v) is 14.4. The van der Waals surface area contributed by atoms with Crippen LogP contribution in [0.25, 0.3) is 0 Å². The lowest BCUT2D eigenvalue weighted by Gasteiger charge is -2.19. The maximum Gasteiger partial charge on any atom is 0.220 e. The van der Waals surface area contributed by atoms with E-state index >= 15 is 0 Å². The van der Waals surface area contributed by atoms with Gasteiger partial charge in [-0.1, -0.05) is 322 Å². The van der Waals surface area contributed by atoms with E-state index in [-0.39, 0.29) is 12.5 Å². The van der Waals surface area contributed by atoms with Crippen molar-refractivity contribution in [2.24, 2.45) is 0 Å². The van der Waals surface area contributed by atoms with Crippen molar-refractivity contribution in [1.82, 2.24) is 5.32 Å². The third kappa shape index (κ3) is 61.6. The Kier molecular flexibility index (Phi) is 63.3. The van der Waals surface area contributed by atoms with Gasteiger partial charge in [0.25, 0.3) is 0 Å². The summed E-state index contributed by atoms with van der Waals surface area (Å²) < 4.78 is 0. The number of amides is 1. The average Bonchev–Trinajstić information content (AvgIpc) is 3.42. The summed E-state index contributed by atoms with van der Waals surface area (Å²) in [6.45, 7) is 4.19. The minimum Gasteiger partial charge on any atom is -0.394 e. The maximum atomic E-state index is 12.5. The fraction of sp³-hybridized carbons (Fsp3) is 0.708. The number of aliphatic hydroxyl groups excluding tert-OH is 2. The highest BCUT2D eigenvalue weighted by Gasteiger charge is 2.18. The van der Waals surface area contributed by atoms with Crippen LogP contribution >= 0.6 is 0 Å².